The number of benzene rings is 3. The van der Waals surface area contributed by atoms with Crippen LogP contribution in [0, 0.1) is 0 Å². The Hall–Kier alpha value is -8.88. The Bertz CT molecular complexity index is 3330. The average Bonchev–Trinajstić information content (AvgIpc) is 0.754. The number of hydrogen-bond acceptors (Lipinski definition) is 25. The van der Waals surface area contributed by atoms with E-state index in [9.17, 15) is 48.3 Å². The number of aliphatic hydroxyl groups excluding tert-OH is 1. The molecular formula is C74H106N6O25. The van der Waals surface area contributed by atoms with Gasteiger partial charge in [-0.2, -0.15) is 0 Å². The third-order valence-electron chi connectivity index (χ3n) is 15.6. The molecule has 0 aromatic heterocycles. The van der Waals surface area contributed by atoms with Gasteiger partial charge < -0.3 is 103 Å². The molecular weight excluding hydrogens is 1370 g/mol. The molecule has 6 rings (SSSR count). The number of alkyl carbamates (subject to hydrolysis) is 5. The Balaban J connectivity index is 1.65. The van der Waals surface area contributed by atoms with Crippen LogP contribution in [0.25, 0.3) is 0 Å². The second-order valence-corrected chi connectivity index (χ2v) is 30.6. The Morgan fingerprint density at radius 1 is 0.448 bits per heavy atom. The molecule has 3 fully saturated rings. The summed E-state index contributed by atoms with van der Waals surface area (Å²) in [6.07, 6.45) is -26.1. The van der Waals surface area contributed by atoms with Gasteiger partial charge in [0.15, 0.2) is 30.9 Å². The van der Waals surface area contributed by atoms with E-state index in [0.29, 0.717) is 16.7 Å². The van der Waals surface area contributed by atoms with E-state index in [2.05, 4.69) is 31.9 Å². The molecule has 3 aromatic carbocycles. The van der Waals surface area contributed by atoms with Crippen LogP contribution in [0.3, 0.4) is 0 Å². The maximum absolute atomic E-state index is 15.3. The third kappa shape index (κ3) is 26.6. The van der Waals surface area contributed by atoms with Gasteiger partial charge in [0.2, 0.25) is 0 Å². The van der Waals surface area contributed by atoms with Crippen molar-refractivity contribution in [3.8, 4) is 0 Å². The number of ether oxygens (including phenoxy) is 14. The van der Waals surface area contributed by atoms with Gasteiger partial charge in [0, 0.05) is 47.2 Å². The first-order valence-electron chi connectivity index (χ1n) is 34.8. The minimum absolute atomic E-state index is 0.0168. The predicted octanol–water partition coefficient (Wildman–Crippen LogP) is 7.70. The maximum Gasteiger partial charge on any atom is 0.408 e. The standard InChI is InChI=1S/C74H106N6O25/c1-41(81)93-50(37-38-75-64(87)101-69(5,6)7)61(86)78-53-57(95-43(3)83)54(80-68(91)105-73(17,18)19)59(99-62-49(77-66(89)103-71(11,12)13)36-35-48(97-62)39-76-65(88)102-70(8,9)10)55(85)58(53)100-63-60(96-44(4)84)52(79-67(90)104-72(14,15)16)56(94-42(2)82)51(98-63)40-92-74(45-29-23-20-24-30-45,46-31-25-21-26-32-46)47-33-27-22-28-34-47/h20-34,48-60,62-63,85H,35-40H2,1-19H3,(H,75,87)(H,76,88)(H,77,89)(H,78,86)(H,79,90)(H,80,91)/t48?,49?,50-,51?,52?,53?,54-,55?,56-,57-,58-,59?,60-,62+,63+/m0/s1. The molecule has 31 heteroatoms. The molecule has 582 valence electrons. The quantitative estimate of drug-likeness (QED) is 0.0256. The summed E-state index contributed by atoms with van der Waals surface area (Å²) < 4.78 is 86.9. The lowest BCUT2D eigenvalue weighted by atomic mass is 9.80. The number of amides is 6. The SMILES string of the molecule is CC(=O)O[C@H]1C(COC(c2ccccc2)(c2ccccc2)c2ccccc2)O[C@H](O[C@@H]2C(O)C(O[C@H]3OC(CNC(=O)OC(C)(C)C)CCC3NC(=O)OC(C)(C)C)[C@@H](NC(=O)OC(C)(C)C)[C@@H](OC(C)=O)C2NC(=O)[C@H](CCNC(=O)OC(C)(C)C)OC(C)=O)[C@@H](OC(C)=O)C1NC(=O)OC(C)(C)C. The van der Waals surface area contributed by atoms with E-state index >= 15 is 4.79 Å². The van der Waals surface area contributed by atoms with Crippen molar-refractivity contribution in [2.75, 3.05) is 19.7 Å². The van der Waals surface area contributed by atoms with Gasteiger partial charge in [-0.1, -0.05) is 91.0 Å². The van der Waals surface area contributed by atoms with Gasteiger partial charge in [0.1, 0.15) is 76.2 Å². The molecule has 2 saturated heterocycles. The number of rotatable bonds is 24. The summed E-state index contributed by atoms with van der Waals surface area (Å²) in [5.74, 6) is -5.26. The highest BCUT2D eigenvalue weighted by atomic mass is 16.7. The van der Waals surface area contributed by atoms with E-state index in [1.165, 1.54) is 20.8 Å². The second-order valence-electron chi connectivity index (χ2n) is 30.6. The third-order valence-corrected chi connectivity index (χ3v) is 15.6. The molecule has 0 bridgehead atoms. The van der Waals surface area contributed by atoms with Crippen LogP contribution in [-0.2, 0) is 95.9 Å². The summed E-state index contributed by atoms with van der Waals surface area (Å²) in [6.45, 7) is 26.9. The summed E-state index contributed by atoms with van der Waals surface area (Å²) >= 11 is 0. The summed E-state index contributed by atoms with van der Waals surface area (Å²) in [7, 11) is 0. The lowest BCUT2D eigenvalue weighted by Crippen LogP contribution is -2.76. The number of esters is 4. The van der Waals surface area contributed by atoms with Crippen LogP contribution in [0.4, 0.5) is 24.0 Å². The fraction of sp³-hybridized carbons (Fsp3) is 0.622. The number of carbonyl (C=O) groups is 10. The molecule has 105 heavy (non-hydrogen) atoms. The molecule has 0 spiro atoms. The normalized spacial score (nSPS) is 24.6. The van der Waals surface area contributed by atoms with Crippen molar-refractivity contribution in [2.45, 2.75) is 276 Å². The highest BCUT2D eigenvalue weighted by Gasteiger charge is 2.60. The fourth-order valence-corrected chi connectivity index (χ4v) is 11.9. The molecule has 6 amide bonds. The molecule has 7 unspecified atom stereocenters. The lowest BCUT2D eigenvalue weighted by Gasteiger charge is -2.52. The Morgan fingerprint density at radius 2 is 0.838 bits per heavy atom. The van der Waals surface area contributed by atoms with E-state index < -0.39 is 199 Å². The van der Waals surface area contributed by atoms with E-state index in [-0.39, 0.29) is 25.9 Å². The van der Waals surface area contributed by atoms with E-state index in [1.807, 2.05) is 54.6 Å². The lowest BCUT2D eigenvalue weighted by molar-refractivity contribution is -0.326. The first-order chi connectivity index (χ1) is 48.8. The smallest absolute Gasteiger partial charge is 0.408 e. The number of aliphatic hydroxyl groups is 1. The van der Waals surface area contributed by atoms with Crippen molar-refractivity contribution in [1.29, 1.82) is 0 Å². The zero-order valence-electron chi connectivity index (χ0n) is 63.3. The highest BCUT2D eigenvalue weighted by molar-refractivity contribution is 5.84. The van der Waals surface area contributed by atoms with Crippen LogP contribution < -0.4 is 31.9 Å². The molecule has 0 radical (unpaired) electrons. The first-order valence-corrected chi connectivity index (χ1v) is 34.8. The molecule has 2 heterocycles. The van der Waals surface area contributed by atoms with Gasteiger partial charge in [-0.05, 0) is 133 Å². The topological polar surface area (TPSA) is 392 Å². The highest BCUT2D eigenvalue weighted by Crippen LogP contribution is 2.43. The van der Waals surface area contributed by atoms with Crippen molar-refractivity contribution in [1.82, 2.24) is 31.9 Å². The summed E-state index contributed by atoms with van der Waals surface area (Å²) in [6, 6.07) is 20.3. The van der Waals surface area contributed by atoms with Crippen LogP contribution in [0.5, 0.6) is 0 Å². The van der Waals surface area contributed by atoms with Gasteiger partial charge in [0.25, 0.3) is 5.91 Å². The zero-order valence-corrected chi connectivity index (χ0v) is 63.3. The molecule has 7 N–H and O–H groups in total. The van der Waals surface area contributed by atoms with Crippen molar-refractivity contribution < 1.29 is 119 Å². The number of nitrogens with one attached hydrogen (secondary N) is 6. The summed E-state index contributed by atoms with van der Waals surface area (Å²) in [4.78, 5) is 139. The minimum atomic E-state index is -2.35. The van der Waals surface area contributed by atoms with Crippen molar-refractivity contribution in [2.24, 2.45) is 0 Å². The van der Waals surface area contributed by atoms with Crippen LogP contribution in [0.15, 0.2) is 91.0 Å². The van der Waals surface area contributed by atoms with Crippen LogP contribution >= 0.6 is 0 Å². The average molecular weight is 1480 g/mol. The van der Waals surface area contributed by atoms with Crippen LogP contribution in [0.1, 0.15) is 168 Å². The Morgan fingerprint density at radius 3 is 1.28 bits per heavy atom. The Labute approximate surface area is 612 Å². The molecule has 15 atom stereocenters. The van der Waals surface area contributed by atoms with Crippen molar-refractivity contribution in [3.05, 3.63) is 108 Å². The minimum Gasteiger partial charge on any atom is -0.458 e. The Kier molecular flexibility index (Phi) is 29.5. The van der Waals surface area contributed by atoms with Crippen LogP contribution in [0.2, 0.25) is 0 Å². The monoisotopic (exact) mass is 1480 g/mol. The molecule has 1 saturated carbocycles. The van der Waals surface area contributed by atoms with Gasteiger partial charge in [-0.25, -0.2) is 24.0 Å². The van der Waals surface area contributed by atoms with E-state index in [0.717, 1.165) is 27.7 Å². The van der Waals surface area contributed by atoms with E-state index in [1.54, 1.807) is 119 Å². The molecule has 2 aliphatic heterocycles. The van der Waals surface area contributed by atoms with Crippen molar-refractivity contribution >= 4 is 60.3 Å². The van der Waals surface area contributed by atoms with Gasteiger partial charge >= 0.3 is 54.3 Å². The molecule has 1 aliphatic carbocycles. The van der Waals surface area contributed by atoms with Crippen molar-refractivity contribution in [3.63, 3.8) is 0 Å². The predicted molar refractivity (Wildman–Crippen MR) is 374 cm³/mol. The van der Waals surface area contributed by atoms with Gasteiger partial charge in [-0.15, -0.1) is 0 Å². The van der Waals surface area contributed by atoms with Crippen LogP contribution in [-0.4, -0.2) is 205 Å². The van der Waals surface area contributed by atoms with Gasteiger partial charge in [-0.3, -0.25) is 24.0 Å². The van der Waals surface area contributed by atoms with E-state index in [4.69, 9.17) is 66.3 Å². The molecule has 3 aromatic rings. The summed E-state index contributed by atoms with van der Waals surface area (Å²) in [5, 5.41) is 29.8. The molecule has 31 nitrogen and oxygen atoms in total. The molecule has 3 aliphatic rings. The zero-order chi connectivity index (χ0) is 78.2. The first kappa shape index (κ1) is 85.1. The summed E-state index contributed by atoms with van der Waals surface area (Å²) in [5.41, 5.74) is -5.12. The number of hydrogen-bond donors (Lipinski definition) is 7. The maximum atomic E-state index is 15.3. The second kappa shape index (κ2) is 36.4. The largest absolute Gasteiger partial charge is 0.458 e. The fourth-order valence-electron chi connectivity index (χ4n) is 11.9. The number of carbonyl (C=O) groups excluding carboxylic acids is 10. The van der Waals surface area contributed by atoms with Gasteiger partial charge in [0.05, 0.1) is 24.8 Å².